The molecule has 0 spiro atoms. The number of hydrogen-bond donors (Lipinski definition) is 1. The molecule has 0 saturated carbocycles. The van der Waals surface area contributed by atoms with E-state index in [1.165, 1.54) is 18.2 Å². The molecule has 2 aromatic rings. The normalized spacial score (nSPS) is 12.9. The van der Waals surface area contributed by atoms with E-state index in [0.717, 1.165) is 0 Å². The van der Waals surface area contributed by atoms with Crippen molar-refractivity contribution in [2.75, 3.05) is 6.54 Å². The lowest BCUT2D eigenvalue weighted by Crippen LogP contribution is -2.22. The summed E-state index contributed by atoms with van der Waals surface area (Å²) in [5.41, 5.74) is 6.03. The molecule has 0 amide bonds. The summed E-state index contributed by atoms with van der Waals surface area (Å²) in [4.78, 5) is 12.0. The maximum atomic E-state index is 13.0. The summed E-state index contributed by atoms with van der Waals surface area (Å²) in [6.45, 7) is 2.19. The fourth-order valence-electron chi connectivity index (χ4n) is 1.80. The van der Waals surface area contributed by atoms with Crippen LogP contribution in [0, 0.1) is 11.7 Å². The minimum Gasteiger partial charge on any atom is -0.453 e. The summed E-state index contributed by atoms with van der Waals surface area (Å²) in [6, 6.07) is 5.74. The molecule has 17 heavy (non-hydrogen) atoms. The van der Waals surface area contributed by atoms with Gasteiger partial charge in [0.2, 0.25) is 5.78 Å². The SMILES string of the molecule is CCC(CN)C(=O)c1cc2cc(F)ccc2o1. The molecule has 1 aromatic carbocycles. The summed E-state index contributed by atoms with van der Waals surface area (Å²) in [5, 5.41) is 0.597. The quantitative estimate of drug-likeness (QED) is 0.829. The van der Waals surface area contributed by atoms with E-state index in [2.05, 4.69) is 0 Å². The first-order chi connectivity index (χ1) is 8.15. The van der Waals surface area contributed by atoms with Gasteiger partial charge in [0.05, 0.1) is 0 Å². The van der Waals surface area contributed by atoms with Crippen LogP contribution in [0.25, 0.3) is 11.0 Å². The molecule has 1 heterocycles. The van der Waals surface area contributed by atoms with Crippen molar-refractivity contribution in [1.29, 1.82) is 0 Å². The number of hydrogen-bond acceptors (Lipinski definition) is 3. The Balaban J connectivity index is 2.39. The number of carbonyl (C=O) groups excluding carboxylic acids is 1. The number of rotatable bonds is 4. The van der Waals surface area contributed by atoms with Crippen LogP contribution in [0.15, 0.2) is 28.7 Å². The van der Waals surface area contributed by atoms with E-state index in [-0.39, 0.29) is 23.3 Å². The third-order valence-corrected chi connectivity index (χ3v) is 2.87. The number of fused-ring (bicyclic) bond motifs is 1. The van der Waals surface area contributed by atoms with Gasteiger partial charge in [-0.05, 0) is 30.7 Å². The van der Waals surface area contributed by atoms with E-state index >= 15 is 0 Å². The Bertz CT molecular complexity index is 543. The van der Waals surface area contributed by atoms with E-state index in [1.807, 2.05) is 6.92 Å². The maximum absolute atomic E-state index is 13.0. The zero-order valence-corrected chi connectivity index (χ0v) is 9.57. The molecule has 0 aliphatic carbocycles. The van der Waals surface area contributed by atoms with Crippen molar-refractivity contribution < 1.29 is 13.6 Å². The van der Waals surface area contributed by atoms with Crippen LogP contribution in [0.5, 0.6) is 0 Å². The fourth-order valence-corrected chi connectivity index (χ4v) is 1.80. The topological polar surface area (TPSA) is 56.2 Å². The van der Waals surface area contributed by atoms with Gasteiger partial charge in [0.25, 0.3) is 0 Å². The molecule has 0 aliphatic heterocycles. The lowest BCUT2D eigenvalue weighted by atomic mass is 9.99. The minimum absolute atomic E-state index is 0.119. The van der Waals surface area contributed by atoms with Gasteiger partial charge in [-0.3, -0.25) is 4.79 Å². The fraction of sp³-hybridized carbons (Fsp3) is 0.308. The Morgan fingerprint density at radius 1 is 1.47 bits per heavy atom. The maximum Gasteiger partial charge on any atom is 0.202 e. The first-order valence-corrected chi connectivity index (χ1v) is 5.59. The molecule has 1 unspecified atom stereocenters. The molecule has 1 aromatic heterocycles. The van der Waals surface area contributed by atoms with Gasteiger partial charge in [0.15, 0.2) is 5.76 Å². The minimum atomic E-state index is -0.344. The summed E-state index contributed by atoms with van der Waals surface area (Å²) in [6.07, 6.45) is 0.667. The number of nitrogens with two attached hydrogens (primary N) is 1. The van der Waals surface area contributed by atoms with E-state index in [9.17, 15) is 9.18 Å². The lowest BCUT2D eigenvalue weighted by molar-refractivity contribution is 0.0895. The molecule has 0 fully saturated rings. The van der Waals surface area contributed by atoms with Crippen LogP contribution in [0.2, 0.25) is 0 Å². The van der Waals surface area contributed by atoms with Crippen LogP contribution in [0.4, 0.5) is 4.39 Å². The Hall–Kier alpha value is -1.68. The van der Waals surface area contributed by atoms with E-state index in [0.29, 0.717) is 23.9 Å². The van der Waals surface area contributed by atoms with Gasteiger partial charge < -0.3 is 10.2 Å². The van der Waals surface area contributed by atoms with Crippen molar-refractivity contribution in [1.82, 2.24) is 0 Å². The lowest BCUT2D eigenvalue weighted by Gasteiger charge is -2.07. The zero-order valence-electron chi connectivity index (χ0n) is 9.57. The largest absolute Gasteiger partial charge is 0.453 e. The first-order valence-electron chi connectivity index (χ1n) is 5.59. The van der Waals surface area contributed by atoms with Crippen molar-refractivity contribution in [3.05, 3.63) is 35.8 Å². The van der Waals surface area contributed by atoms with Crippen molar-refractivity contribution >= 4 is 16.8 Å². The number of halogens is 1. The van der Waals surface area contributed by atoms with Gasteiger partial charge in [-0.15, -0.1) is 0 Å². The Morgan fingerprint density at radius 3 is 2.88 bits per heavy atom. The van der Waals surface area contributed by atoms with Crippen molar-refractivity contribution in [3.63, 3.8) is 0 Å². The third kappa shape index (κ3) is 2.22. The highest BCUT2D eigenvalue weighted by Crippen LogP contribution is 2.22. The van der Waals surface area contributed by atoms with E-state index in [4.69, 9.17) is 10.2 Å². The summed E-state index contributed by atoms with van der Waals surface area (Å²) < 4.78 is 18.4. The molecule has 0 aliphatic rings. The van der Waals surface area contributed by atoms with Crippen LogP contribution < -0.4 is 5.73 Å². The van der Waals surface area contributed by atoms with E-state index < -0.39 is 0 Å². The van der Waals surface area contributed by atoms with Crippen LogP contribution >= 0.6 is 0 Å². The molecule has 90 valence electrons. The van der Waals surface area contributed by atoms with Gasteiger partial charge in [-0.25, -0.2) is 4.39 Å². The van der Waals surface area contributed by atoms with Gasteiger partial charge in [-0.1, -0.05) is 6.92 Å². The molecule has 2 rings (SSSR count). The summed E-state index contributed by atoms with van der Waals surface area (Å²) >= 11 is 0. The predicted molar refractivity (Wildman–Crippen MR) is 63.3 cm³/mol. The molecule has 0 radical (unpaired) electrons. The highest BCUT2D eigenvalue weighted by molar-refractivity contribution is 5.99. The van der Waals surface area contributed by atoms with Gasteiger partial charge >= 0.3 is 0 Å². The smallest absolute Gasteiger partial charge is 0.202 e. The zero-order chi connectivity index (χ0) is 12.4. The Kier molecular flexibility index (Phi) is 3.24. The highest BCUT2D eigenvalue weighted by Gasteiger charge is 2.20. The molecule has 0 saturated heterocycles. The number of Topliss-reactive ketones (excluding diaryl/α,β-unsaturated/α-hetero) is 1. The standard InChI is InChI=1S/C13H14FNO2/c1-2-8(7-15)13(16)12-6-9-5-10(14)3-4-11(9)17-12/h3-6,8H,2,7,15H2,1H3. The monoisotopic (exact) mass is 235 g/mol. The van der Waals surface area contributed by atoms with Gasteiger partial charge in [0.1, 0.15) is 11.4 Å². The average molecular weight is 235 g/mol. The van der Waals surface area contributed by atoms with Crippen LogP contribution in [-0.4, -0.2) is 12.3 Å². The molecular formula is C13H14FNO2. The van der Waals surface area contributed by atoms with Crippen LogP contribution in [0.3, 0.4) is 0 Å². The molecule has 4 heteroatoms. The Labute approximate surface area is 98.4 Å². The number of carbonyl (C=O) groups is 1. The van der Waals surface area contributed by atoms with Gasteiger partial charge in [0, 0.05) is 17.8 Å². The number of benzene rings is 1. The Morgan fingerprint density at radius 2 is 2.24 bits per heavy atom. The number of furan rings is 1. The van der Waals surface area contributed by atoms with Crippen LogP contribution in [-0.2, 0) is 0 Å². The summed E-state index contributed by atoms with van der Waals surface area (Å²) in [7, 11) is 0. The average Bonchev–Trinajstić information content (AvgIpc) is 2.73. The highest BCUT2D eigenvalue weighted by atomic mass is 19.1. The second kappa shape index (κ2) is 4.67. The van der Waals surface area contributed by atoms with Crippen molar-refractivity contribution in [3.8, 4) is 0 Å². The molecule has 0 bridgehead atoms. The van der Waals surface area contributed by atoms with Crippen molar-refractivity contribution in [2.45, 2.75) is 13.3 Å². The number of ketones is 1. The van der Waals surface area contributed by atoms with Crippen LogP contribution in [0.1, 0.15) is 23.9 Å². The van der Waals surface area contributed by atoms with Gasteiger partial charge in [-0.2, -0.15) is 0 Å². The molecule has 3 nitrogen and oxygen atoms in total. The molecule has 1 atom stereocenters. The molecule has 2 N–H and O–H groups in total. The van der Waals surface area contributed by atoms with Crippen molar-refractivity contribution in [2.24, 2.45) is 11.7 Å². The third-order valence-electron chi connectivity index (χ3n) is 2.87. The second-order valence-corrected chi connectivity index (χ2v) is 4.00. The summed E-state index contributed by atoms with van der Waals surface area (Å²) in [5.74, 6) is -0.446. The first kappa shape index (κ1) is 11.8. The van der Waals surface area contributed by atoms with E-state index in [1.54, 1.807) is 6.07 Å². The second-order valence-electron chi connectivity index (χ2n) is 4.00. The predicted octanol–water partition coefficient (Wildman–Crippen LogP) is 2.74. The molecular weight excluding hydrogens is 221 g/mol.